The van der Waals surface area contributed by atoms with Crippen LogP contribution in [0.25, 0.3) is 0 Å². The van der Waals surface area contributed by atoms with Crippen molar-refractivity contribution >= 4 is 23.0 Å². The van der Waals surface area contributed by atoms with Crippen LogP contribution in [-0.2, 0) is 11.2 Å². The van der Waals surface area contributed by atoms with E-state index >= 15 is 0 Å². The highest BCUT2D eigenvalue weighted by Crippen LogP contribution is 2.31. The fourth-order valence-electron chi connectivity index (χ4n) is 3.56. The minimum absolute atomic E-state index is 0.0469. The van der Waals surface area contributed by atoms with Gasteiger partial charge in [-0.1, -0.05) is 18.2 Å². The van der Waals surface area contributed by atoms with E-state index in [1.54, 1.807) is 12.1 Å². The van der Waals surface area contributed by atoms with Crippen molar-refractivity contribution in [2.75, 3.05) is 29.9 Å². The van der Waals surface area contributed by atoms with E-state index in [1.165, 1.54) is 23.4 Å². The lowest BCUT2D eigenvalue weighted by Gasteiger charge is -2.25. The SMILES string of the molecule is CC1Cc2ccccc2N1CCNC(=O)CCCNc1ccc([N+](=O)[O-])cc1. The summed E-state index contributed by atoms with van der Waals surface area (Å²) in [5.41, 5.74) is 3.53. The Kier molecular flexibility index (Phi) is 6.47. The first-order chi connectivity index (χ1) is 13.5. The number of hydrogen-bond donors (Lipinski definition) is 2. The van der Waals surface area contributed by atoms with Gasteiger partial charge in [-0.15, -0.1) is 0 Å². The summed E-state index contributed by atoms with van der Waals surface area (Å²) in [7, 11) is 0. The summed E-state index contributed by atoms with van der Waals surface area (Å²) in [6.07, 6.45) is 2.20. The van der Waals surface area contributed by atoms with Gasteiger partial charge in [-0.2, -0.15) is 0 Å². The molecular weight excluding hydrogens is 356 g/mol. The van der Waals surface area contributed by atoms with Crippen molar-refractivity contribution in [2.45, 2.75) is 32.2 Å². The number of fused-ring (bicyclic) bond motifs is 1. The lowest BCUT2D eigenvalue weighted by Crippen LogP contribution is -2.37. The van der Waals surface area contributed by atoms with Crippen LogP contribution in [0, 0.1) is 10.1 Å². The number of nitro benzene ring substituents is 1. The zero-order valence-corrected chi connectivity index (χ0v) is 16.1. The van der Waals surface area contributed by atoms with Crippen LogP contribution < -0.4 is 15.5 Å². The van der Waals surface area contributed by atoms with Crippen molar-refractivity contribution in [3.8, 4) is 0 Å². The molecule has 28 heavy (non-hydrogen) atoms. The molecule has 2 N–H and O–H groups in total. The Morgan fingerprint density at radius 1 is 1.18 bits per heavy atom. The van der Waals surface area contributed by atoms with Gasteiger partial charge >= 0.3 is 0 Å². The van der Waals surface area contributed by atoms with Gasteiger partial charge in [0.05, 0.1) is 4.92 Å². The van der Waals surface area contributed by atoms with Crippen molar-refractivity contribution in [1.82, 2.24) is 5.32 Å². The summed E-state index contributed by atoms with van der Waals surface area (Å²) in [5, 5.41) is 16.8. The summed E-state index contributed by atoms with van der Waals surface area (Å²) in [5.74, 6) is 0.0469. The van der Waals surface area contributed by atoms with Crippen molar-refractivity contribution < 1.29 is 9.72 Å². The number of rotatable bonds is 9. The van der Waals surface area contributed by atoms with Gasteiger partial charge < -0.3 is 15.5 Å². The summed E-state index contributed by atoms with van der Waals surface area (Å²) in [6, 6.07) is 15.2. The van der Waals surface area contributed by atoms with Gasteiger partial charge in [0.15, 0.2) is 0 Å². The zero-order chi connectivity index (χ0) is 19.9. The van der Waals surface area contributed by atoms with Crippen molar-refractivity contribution in [2.24, 2.45) is 0 Å². The number of nitro groups is 1. The van der Waals surface area contributed by atoms with E-state index in [-0.39, 0.29) is 11.6 Å². The van der Waals surface area contributed by atoms with Crippen LogP contribution in [0.3, 0.4) is 0 Å². The van der Waals surface area contributed by atoms with Crippen LogP contribution in [0.15, 0.2) is 48.5 Å². The molecule has 7 heteroatoms. The lowest BCUT2D eigenvalue weighted by molar-refractivity contribution is -0.384. The Morgan fingerprint density at radius 2 is 1.93 bits per heavy atom. The Morgan fingerprint density at radius 3 is 2.68 bits per heavy atom. The van der Waals surface area contributed by atoms with E-state index in [2.05, 4.69) is 46.7 Å². The largest absolute Gasteiger partial charge is 0.385 e. The molecule has 0 saturated carbocycles. The van der Waals surface area contributed by atoms with E-state index < -0.39 is 4.92 Å². The lowest BCUT2D eigenvalue weighted by atomic mass is 10.1. The number of benzene rings is 2. The average molecular weight is 382 g/mol. The number of carbonyl (C=O) groups excluding carboxylic acids is 1. The van der Waals surface area contributed by atoms with E-state index in [0.29, 0.717) is 32.0 Å². The number of anilines is 2. The molecule has 1 unspecified atom stereocenters. The minimum Gasteiger partial charge on any atom is -0.385 e. The maximum atomic E-state index is 12.0. The Bertz CT molecular complexity index is 823. The first-order valence-corrected chi connectivity index (χ1v) is 9.64. The number of nitrogens with zero attached hydrogens (tertiary/aromatic N) is 2. The Labute approximate surface area is 164 Å². The molecule has 1 aliphatic heterocycles. The van der Waals surface area contributed by atoms with Crippen LogP contribution >= 0.6 is 0 Å². The second-order valence-electron chi connectivity index (χ2n) is 7.06. The van der Waals surface area contributed by atoms with Crippen molar-refractivity contribution in [3.05, 3.63) is 64.2 Å². The van der Waals surface area contributed by atoms with E-state index in [4.69, 9.17) is 0 Å². The molecule has 7 nitrogen and oxygen atoms in total. The third-order valence-corrected chi connectivity index (χ3v) is 5.01. The maximum absolute atomic E-state index is 12.0. The van der Waals surface area contributed by atoms with E-state index in [1.807, 2.05) is 0 Å². The van der Waals surface area contributed by atoms with Crippen molar-refractivity contribution in [1.29, 1.82) is 0 Å². The molecule has 0 fully saturated rings. The number of carbonyl (C=O) groups is 1. The number of hydrogen-bond acceptors (Lipinski definition) is 5. The molecule has 1 aliphatic rings. The highest BCUT2D eigenvalue weighted by atomic mass is 16.6. The Balaban J connectivity index is 1.32. The van der Waals surface area contributed by atoms with Gasteiger partial charge in [-0.25, -0.2) is 0 Å². The van der Waals surface area contributed by atoms with Gasteiger partial charge in [0, 0.05) is 55.6 Å². The molecule has 1 heterocycles. The standard InChI is InChI=1S/C21H26N4O3/c1-16-15-17-5-2-3-6-20(17)24(16)14-13-23-21(26)7-4-12-22-18-8-10-19(11-9-18)25(27)28/h2-3,5-6,8-11,16,22H,4,7,12-15H2,1H3,(H,23,26). The third kappa shape index (κ3) is 5.00. The van der Waals surface area contributed by atoms with Crippen LogP contribution in [0.2, 0.25) is 0 Å². The number of nitrogens with one attached hydrogen (secondary N) is 2. The average Bonchev–Trinajstić information content (AvgIpc) is 3.01. The molecule has 0 aromatic heterocycles. The third-order valence-electron chi connectivity index (χ3n) is 5.01. The van der Waals surface area contributed by atoms with E-state index in [9.17, 15) is 14.9 Å². The quantitative estimate of drug-likeness (QED) is 0.394. The zero-order valence-electron chi connectivity index (χ0n) is 16.1. The molecule has 0 aliphatic carbocycles. The summed E-state index contributed by atoms with van der Waals surface area (Å²) in [4.78, 5) is 24.6. The fourth-order valence-corrected chi connectivity index (χ4v) is 3.56. The number of para-hydroxylation sites is 1. The molecule has 2 aromatic rings. The van der Waals surface area contributed by atoms with Gasteiger partial charge in [0.2, 0.25) is 5.91 Å². The van der Waals surface area contributed by atoms with Gasteiger partial charge in [0.1, 0.15) is 0 Å². The number of amides is 1. The van der Waals surface area contributed by atoms with Crippen molar-refractivity contribution in [3.63, 3.8) is 0 Å². The summed E-state index contributed by atoms with van der Waals surface area (Å²) in [6.45, 7) is 4.30. The molecule has 0 saturated heterocycles. The molecule has 3 rings (SSSR count). The van der Waals surface area contributed by atoms with Crippen LogP contribution in [0.4, 0.5) is 17.1 Å². The molecule has 2 aromatic carbocycles. The summed E-state index contributed by atoms with van der Waals surface area (Å²) >= 11 is 0. The molecule has 0 radical (unpaired) electrons. The molecule has 0 bridgehead atoms. The van der Waals surface area contributed by atoms with E-state index in [0.717, 1.165) is 18.7 Å². The second-order valence-corrected chi connectivity index (χ2v) is 7.06. The van der Waals surface area contributed by atoms with Crippen LogP contribution in [-0.4, -0.2) is 36.5 Å². The topological polar surface area (TPSA) is 87.5 Å². The second kappa shape index (κ2) is 9.21. The molecule has 148 valence electrons. The normalized spacial score (nSPS) is 15.2. The predicted molar refractivity (Wildman–Crippen MR) is 111 cm³/mol. The highest BCUT2D eigenvalue weighted by molar-refractivity contribution is 5.76. The molecular formula is C21H26N4O3. The van der Waals surface area contributed by atoms with Gasteiger partial charge in [0.25, 0.3) is 5.69 Å². The monoisotopic (exact) mass is 382 g/mol. The number of non-ortho nitro benzene ring substituents is 1. The molecule has 0 spiro atoms. The fraction of sp³-hybridized carbons (Fsp3) is 0.381. The smallest absolute Gasteiger partial charge is 0.269 e. The summed E-state index contributed by atoms with van der Waals surface area (Å²) < 4.78 is 0. The minimum atomic E-state index is -0.421. The predicted octanol–water partition coefficient (Wildman–Crippen LogP) is 3.35. The first-order valence-electron chi connectivity index (χ1n) is 9.64. The first kappa shape index (κ1) is 19.7. The maximum Gasteiger partial charge on any atom is 0.269 e. The highest BCUT2D eigenvalue weighted by Gasteiger charge is 2.24. The van der Waals surface area contributed by atoms with Gasteiger partial charge in [-0.05, 0) is 43.5 Å². The molecule has 1 atom stereocenters. The van der Waals surface area contributed by atoms with Crippen LogP contribution in [0.5, 0.6) is 0 Å². The van der Waals surface area contributed by atoms with Crippen LogP contribution in [0.1, 0.15) is 25.3 Å². The molecule has 1 amide bonds. The Hall–Kier alpha value is -3.09. The van der Waals surface area contributed by atoms with Gasteiger partial charge in [-0.3, -0.25) is 14.9 Å².